The Bertz CT molecular complexity index is 1090. The zero-order valence-electron chi connectivity index (χ0n) is 16.8. The smallest absolute Gasteiger partial charge is 0.241 e. The van der Waals surface area contributed by atoms with Crippen LogP contribution in [0.5, 0.6) is 0 Å². The van der Waals surface area contributed by atoms with Crippen molar-refractivity contribution in [3.63, 3.8) is 0 Å². The van der Waals surface area contributed by atoms with E-state index in [0.717, 1.165) is 16.7 Å². The number of hydrogen-bond donors (Lipinski definition) is 2. The van der Waals surface area contributed by atoms with Crippen LogP contribution in [0.15, 0.2) is 91.0 Å². The Morgan fingerprint density at radius 2 is 1.32 bits per heavy atom. The fourth-order valence-electron chi connectivity index (χ4n) is 5.45. The van der Waals surface area contributed by atoms with E-state index in [1.807, 2.05) is 91.0 Å². The minimum atomic E-state index is -1.12. The van der Waals surface area contributed by atoms with E-state index >= 15 is 0 Å². The maximum atomic E-state index is 13.5. The van der Waals surface area contributed by atoms with Gasteiger partial charge in [0.15, 0.2) is 0 Å². The molecule has 2 aliphatic rings. The molecule has 6 nitrogen and oxygen atoms in total. The second kappa shape index (κ2) is 7.63. The minimum Gasteiger partial charge on any atom is -0.354 e. The molecular formula is C25H23N3O3. The molecule has 0 unspecified atom stereocenters. The van der Waals surface area contributed by atoms with Crippen molar-refractivity contribution in [1.82, 2.24) is 10.6 Å². The van der Waals surface area contributed by atoms with Crippen LogP contribution in [0.25, 0.3) is 0 Å². The lowest BCUT2D eigenvalue weighted by atomic mass is 9.69. The van der Waals surface area contributed by atoms with E-state index in [4.69, 9.17) is 0 Å². The van der Waals surface area contributed by atoms with Gasteiger partial charge >= 0.3 is 0 Å². The zero-order chi connectivity index (χ0) is 21.4. The van der Waals surface area contributed by atoms with Gasteiger partial charge in [0.25, 0.3) is 0 Å². The number of hydrogen-bond acceptors (Lipinski definition) is 4. The van der Waals surface area contributed by atoms with Crippen molar-refractivity contribution in [2.75, 3.05) is 6.54 Å². The zero-order valence-corrected chi connectivity index (χ0v) is 16.8. The number of rotatable bonds is 4. The molecule has 2 N–H and O–H groups in total. The summed E-state index contributed by atoms with van der Waals surface area (Å²) in [6.45, 7) is 0.436. The first-order valence-corrected chi connectivity index (χ1v) is 10.5. The maximum Gasteiger partial charge on any atom is 0.241 e. The van der Waals surface area contributed by atoms with Gasteiger partial charge in [-0.3, -0.25) is 20.2 Å². The first-order valence-electron chi connectivity index (χ1n) is 10.5. The molecule has 2 saturated heterocycles. The van der Waals surface area contributed by atoms with Crippen LogP contribution in [0.2, 0.25) is 0 Å². The van der Waals surface area contributed by atoms with Gasteiger partial charge < -0.3 is 5.32 Å². The van der Waals surface area contributed by atoms with Crippen LogP contribution in [-0.4, -0.2) is 29.0 Å². The molecule has 1 spiro atoms. The van der Waals surface area contributed by atoms with Crippen molar-refractivity contribution < 1.29 is 9.72 Å². The summed E-state index contributed by atoms with van der Waals surface area (Å²) < 4.78 is 0. The lowest BCUT2D eigenvalue weighted by Gasteiger charge is -2.34. The van der Waals surface area contributed by atoms with Gasteiger partial charge in [0.2, 0.25) is 11.9 Å². The van der Waals surface area contributed by atoms with Crippen LogP contribution in [0.1, 0.15) is 34.6 Å². The second-order valence-electron chi connectivity index (χ2n) is 8.24. The van der Waals surface area contributed by atoms with Crippen LogP contribution in [-0.2, 0) is 4.79 Å². The van der Waals surface area contributed by atoms with Gasteiger partial charge in [-0.25, -0.2) is 0 Å². The first kappa shape index (κ1) is 19.5. The molecule has 3 aromatic rings. The number of nitro groups is 1. The fraction of sp³-hybridized carbons (Fsp3) is 0.240. The Morgan fingerprint density at radius 1 is 0.806 bits per heavy atom. The number of carbonyl (C=O) groups is 1. The average molecular weight is 413 g/mol. The molecule has 1 amide bonds. The van der Waals surface area contributed by atoms with Gasteiger partial charge in [-0.15, -0.1) is 0 Å². The number of carbonyl (C=O) groups excluding carboxylic acids is 1. The Labute approximate surface area is 180 Å². The van der Waals surface area contributed by atoms with E-state index in [9.17, 15) is 14.9 Å². The molecule has 156 valence electrons. The minimum absolute atomic E-state index is 0.180. The van der Waals surface area contributed by atoms with Crippen LogP contribution >= 0.6 is 0 Å². The van der Waals surface area contributed by atoms with E-state index in [1.165, 1.54) is 0 Å². The van der Waals surface area contributed by atoms with E-state index in [1.54, 1.807) is 0 Å². The molecule has 0 saturated carbocycles. The van der Waals surface area contributed by atoms with Crippen molar-refractivity contribution in [2.24, 2.45) is 0 Å². The Kier molecular flexibility index (Phi) is 4.79. The molecule has 6 heteroatoms. The topological polar surface area (TPSA) is 84.3 Å². The largest absolute Gasteiger partial charge is 0.354 e. The highest BCUT2D eigenvalue weighted by Gasteiger charge is 2.68. The standard InChI is InChI=1S/C25H23N3O3/c29-24-25(20(16-26-24)17-10-4-1-5-11-17)21(18-12-6-2-7-13-18)23(28(30)31)22(27-25)19-14-8-3-9-15-19/h1-15,20-23,27H,16H2,(H,26,29)/t20-,21-,22-,23-,25-/m0/s1. The van der Waals surface area contributed by atoms with Gasteiger partial charge in [0.1, 0.15) is 11.6 Å². The normalized spacial score (nSPS) is 29.7. The van der Waals surface area contributed by atoms with Gasteiger partial charge in [-0.2, -0.15) is 0 Å². The Balaban J connectivity index is 1.74. The second-order valence-corrected chi connectivity index (χ2v) is 8.24. The van der Waals surface area contributed by atoms with Crippen molar-refractivity contribution in [2.45, 2.75) is 29.5 Å². The Morgan fingerprint density at radius 3 is 1.87 bits per heavy atom. The summed E-state index contributed by atoms with van der Waals surface area (Å²) in [6.07, 6.45) is 0. The SMILES string of the molecule is O=C1NC[C@@H](c2ccccc2)[C@@]12N[C@@H](c1ccccc1)[C@@H]([N+](=O)[O-])[C@@H]2c1ccccc1. The third kappa shape index (κ3) is 3.02. The summed E-state index contributed by atoms with van der Waals surface area (Å²) in [4.78, 5) is 25.8. The lowest BCUT2D eigenvalue weighted by molar-refractivity contribution is -0.527. The molecule has 0 bridgehead atoms. The van der Waals surface area contributed by atoms with Crippen molar-refractivity contribution in [3.05, 3.63) is 118 Å². The van der Waals surface area contributed by atoms with Gasteiger partial charge in [0.05, 0.1) is 5.92 Å². The molecular weight excluding hydrogens is 390 g/mol. The molecule has 2 heterocycles. The van der Waals surface area contributed by atoms with Gasteiger partial charge in [-0.05, 0) is 16.7 Å². The highest BCUT2D eigenvalue weighted by Crippen LogP contribution is 2.53. The van der Waals surface area contributed by atoms with Crippen LogP contribution in [0, 0.1) is 10.1 Å². The van der Waals surface area contributed by atoms with E-state index < -0.39 is 23.5 Å². The molecule has 2 aliphatic heterocycles. The highest BCUT2D eigenvalue weighted by atomic mass is 16.6. The van der Waals surface area contributed by atoms with Crippen molar-refractivity contribution in [1.29, 1.82) is 0 Å². The predicted octanol–water partition coefficient (Wildman–Crippen LogP) is 3.41. The average Bonchev–Trinajstić information content (AvgIpc) is 3.34. The third-order valence-electron chi connectivity index (χ3n) is 6.72. The van der Waals surface area contributed by atoms with E-state index in [-0.39, 0.29) is 16.7 Å². The van der Waals surface area contributed by atoms with Crippen molar-refractivity contribution in [3.8, 4) is 0 Å². The molecule has 0 radical (unpaired) electrons. The Hall–Kier alpha value is -3.51. The maximum absolute atomic E-state index is 13.5. The predicted molar refractivity (Wildman–Crippen MR) is 117 cm³/mol. The van der Waals surface area contributed by atoms with E-state index in [2.05, 4.69) is 10.6 Å². The fourth-order valence-corrected chi connectivity index (χ4v) is 5.45. The molecule has 2 fully saturated rings. The lowest BCUT2D eigenvalue weighted by Crippen LogP contribution is -2.54. The number of amides is 1. The number of nitrogens with zero attached hydrogens (tertiary/aromatic N) is 1. The summed E-state index contributed by atoms with van der Waals surface area (Å²) in [6, 6.07) is 27.1. The van der Waals surface area contributed by atoms with E-state index in [0.29, 0.717) is 6.54 Å². The number of nitrogens with one attached hydrogen (secondary N) is 2. The molecule has 5 atom stereocenters. The monoisotopic (exact) mass is 413 g/mol. The molecule has 0 aliphatic carbocycles. The first-order chi connectivity index (χ1) is 15.1. The number of benzene rings is 3. The molecule has 5 rings (SSSR count). The van der Waals surface area contributed by atoms with Crippen LogP contribution in [0.3, 0.4) is 0 Å². The molecule has 31 heavy (non-hydrogen) atoms. The van der Waals surface area contributed by atoms with Crippen LogP contribution < -0.4 is 10.6 Å². The molecule has 0 aromatic heterocycles. The highest BCUT2D eigenvalue weighted by molar-refractivity contribution is 5.92. The quantitative estimate of drug-likeness (QED) is 0.507. The molecule has 3 aromatic carbocycles. The summed E-state index contributed by atoms with van der Waals surface area (Å²) >= 11 is 0. The van der Waals surface area contributed by atoms with Gasteiger partial charge in [-0.1, -0.05) is 91.0 Å². The summed E-state index contributed by atoms with van der Waals surface area (Å²) in [5, 5.41) is 19.0. The summed E-state index contributed by atoms with van der Waals surface area (Å²) in [5.41, 5.74) is 1.48. The summed E-state index contributed by atoms with van der Waals surface area (Å²) in [7, 11) is 0. The third-order valence-corrected chi connectivity index (χ3v) is 6.72. The van der Waals surface area contributed by atoms with Crippen LogP contribution in [0.4, 0.5) is 0 Å². The summed E-state index contributed by atoms with van der Waals surface area (Å²) in [5.74, 6) is -1.04. The van der Waals surface area contributed by atoms with Crippen molar-refractivity contribution >= 4 is 5.91 Å². The van der Waals surface area contributed by atoms with Gasteiger partial charge in [0, 0.05) is 17.4 Å².